The monoisotopic (exact) mass is 494 g/mol. The first-order chi connectivity index (χ1) is 17.5. The van der Waals surface area contributed by atoms with Crippen molar-refractivity contribution in [3.63, 3.8) is 0 Å². The summed E-state index contributed by atoms with van der Waals surface area (Å²) in [5.74, 6) is -0.239. The molecule has 0 aromatic heterocycles. The van der Waals surface area contributed by atoms with Gasteiger partial charge in [-0.15, -0.1) is 0 Å². The van der Waals surface area contributed by atoms with Gasteiger partial charge < -0.3 is 24.2 Å². The largest absolute Gasteiger partial charge is 0.507 e. The highest BCUT2D eigenvalue weighted by atomic mass is 16.5. The van der Waals surface area contributed by atoms with Gasteiger partial charge >= 0.3 is 0 Å². The molecule has 8 heteroatoms. The molecule has 0 spiro atoms. The lowest BCUT2D eigenvalue weighted by Gasteiger charge is -2.31. The Hall–Kier alpha value is -3.36. The Morgan fingerprint density at radius 2 is 1.81 bits per heavy atom. The number of hydrogen-bond donors (Lipinski definition) is 1. The van der Waals surface area contributed by atoms with E-state index in [2.05, 4.69) is 11.8 Å². The molecule has 2 aromatic rings. The number of nitrogens with zero attached hydrogens (tertiary/aromatic N) is 2. The second-order valence-electron chi connectivity index (χ2n) is 8.95. The van der Waals surface area contributed by atoms with E-state index in [1.165, 1.54) is 7.11 Å². The molecule has 0 radical (unpaired) electrons. The highest BCUT2D eigenvalue weighted by molar-refractivity contribution is 6.46. The molecular formula is C28H34N2O6. The Bertz CT molecular complexity index is 1090. The van der Waals surface area contributed by atoms with Gasteiger partial charge in [-0.25, -0.2) is 0 Å². The number of hydrogen-bond acceptors (Lipinski definition) is 7. The van der Waals surface area contributed by atoms with Crippen LogP contribution >= 0.6 is 0 Å². The number of benzene rings is 2. The number of aliphatic hydroxyl groups excluding tert-OH is 1. The summed E-state index contributed by atoms with van der Waals surface area (Å²) in [6.45, 7) is 6.57. The molecule has 2 saturated heterocycles. The second-order valence-corrected chi connectivity index (χ2v) is 8.95. The lowest BCUT2D eigenvalue weighted by Crippen LogP contribution is -2.42. The summed E-state index contributed by atoms with van der Waals surface area (Å²) < 4.78 is 16.5. The Labute approximate surface area is 212 Å². The van der Waals surface area contributed by atoms with E-state index in [1.54, 1.807) is 29.2 Å². The molecule has 36 heavy (non-hydrogen) atoms. The standard InChI is InChI=1S/C28H34N2O6/c1-3-4-16-36-22-10-8-20(9-11-22)25-24(26(31)21-6-5-7-23(19-21)34-2)27(32)28(33)30(25)13-12-29-14-17-35-18-15-29/h5-11,19,25,31H,3-4,12-18H2,1-2H3/b26-24+. The van der Waals surface area contributed by atoms with Crippen LogP contribution < -0.4 is 9.47 Å². The zero-order chi connectivity index (χ0) is 25.5. The van der Waals surface area contributed by atoms with Gasteiger partial charge in [0.25, 0.3) is 11.7 Å². The third-order valence-electron chi connectivity index (χ3n) is 6.61. The number of carbonyl (C=O) groups is 2. The number of aliphatic hydroxyl groups is 1. The molecule has 192 valence electrons. The number of ether oxygens (including phenoxy) is 3. The van der Waals surface area contributed by atoms with Crippen molar-refractivity contribution in [3.8, 4) is 11.5 Å². The Balaban J connectivity index is 1.69. The summed E-state index contributed by atoms with van der Waals surface area (Å²) in [5, 5.41) is 11.3. The number of Topliss-reactive ketones (excluding diaryl/α,β-unsaturated/α-hetero) is 1. The van der Waals surface area contributed by atoms with Gasteiger partial charge in [-0.2, -0.15) is 0 Å². The predicted molar refractivity (Wildman–Crippen MR) is 136 cm³/mol. The van der Waals surface area contributed by atoms with Crippen molar-refractivity contribution in [3.05, 3.63) is 65.2 Å². The Morgan fingerprint density at radius 1 is 1.06 bits per heavy atom. The van der Waals surface area contributed by atoms with Crippen LogP contribution in [-0.2, 0) is 14.3 Å². The van der Waals surface area contributed by atoms with E-state index in [-0.39, 0.29) is 11.3 Å². The summed E-state index contributed by atoms with van der Waals surface area (Å²) in [6.07, 6.45) is 2.00. The van der Waals surface area contributed by atoms with E-state index in [0.29, 0.717) is 44.2 Å². The van der Waals surface area contributed by atoms with Gasteiger partial charge in [0.2, 0.25) is 0 Å². The van der Waals surface area contributed by atoms with Gasteiger partial charge in [0.15, 0.2) is 0 Å². The SMILES string of the molecule is CCCCOc1ccc(C2/C(=C(\O)c3cccc(OC)c3)C(=O)C(=O)N2CCN2CCOCC2)cc1. The molecule has 1 atom stereocenters. The number of ketones is 1. The molecule has 1 amide bonds. The maximum atomic E-state index is 13.3. The average molecular weight is 495 g/mol. The lowest BCUT2D eigenvalue weighted by atomic mass is 9.95. The minimum Gasteiger partial charge on any atom is -0.507 e. The molecule has 2 aliphatic rings. The fraction of sp³-hybridized carbons (Fsp3) is 0.429. The summed E-state index contributed by atoms with van der Waals surface area (Å²) in [6, 6.07) is 13.5. The quantitative estimate of drug-likeness (QED) is 0.234. The van der Waals surface area contributed by atoms with E-state index < -0.39 is 17.7 Å². The van der Waals surface area contributed by atoms with Gasteiger partial charge in [0, 0.05) is 31.7 Å². The summed E-state index contributed by atoms with van der Waals surface area (Å²) >= 11 is 0. The molecule has 4 rings (SSSR count). The first-order valence-electron chi connectivity index (χ1n) is 12.5. The van der Waals surface area contributed by atoms with Crippen molar-refractivity contribution in [2.45, 2.75) is 25.8 Å². The molecule has 2 aliphatic heterocycles. The minimum atomic E-state index is -0.707. The van der Waals surface area contributed by atoms with Gasteiger partial charge in [-0.1, -0.05) is 37.6 Å². The van der Waals surface area contributed by atoms with E-state index in [1.807, 2.05) is 24.3 Å². The zero-order valence-corrected chi connectivity index (χ0v) is 20.9. The van der Waals surface area contributed by atoms with Gasteiger partial charge in [-0.05, 0) is 36.2 Å². The molecule has 8 nitrogen and oxygen atoms in total. The zero-order valence-electron chi connectivity index (χ0n) is 20.9. The van der Waals surface area contributed by atoms with Crippen LogP contribution in [0.1, 0.15) is 36.9 Å². The number of methoxy groups -OCH3 is 1. The van der Waals surface area contributed by atoms with Crippen LogP contribution in [-0.4, -0.2) is 79.7 Å². The van der Waals surface area contributed by atoms with Crippen molar-refractivity contribution in [2.75, 3.05) is 53.1 Å². The van der Waals surface area contributed by atoms with Crippen molar-refractivity contribution in [1.82, 2.24) is 9.80 Å². The molecule has 0 aliphatic carbocycles. The Kier molecular flexibility index (Phi) is 8.61. The number of morpholine rings is 1. The Morgan fingerprint density at radius 3 is 2.50 bits per heavy atom. The van der Waals surface area contributed by atoms with Crippen LogP contribution in [0.15, 0.2) is 54.1 Å². The van der Waals surface area contributed by atoms with Crippen LogP contribution in [0.4, 0.5) is 0 Å². The fourth-order valence-corrected chi connectivity index (χ4v) is 4.54. The van der Waals surface area contributed by atoms with Crippen molar-refractivity contribution in [1.29, 1.82) is 0 Å². The van der Waals surface area contributed by atoms with Crippen LogP contribution in [0.5, 0.6) is 11.5 Å². The maximum absolute atomic E-state index is 13.3. The van der Waals surface area contributed by atoms with Crippen LogP contribution in [0, 0.1) is 0 Å². The van der Waals surface area contributed by atoms with E-state index in [4.69, 9.17) is 14.2 Å². The molecule has 1 unspecified atom stereocenters. The second kappa shape index (κ2) is 12.1. The highest BCUT2D eigenvalue weighted by Gasteiger charge is 2.46. The number of rotatable bonds is 10. The van der Waals surface area contributed by atoms with E-state index in [9.17, 15) is 14.7 Å². The van der Waals surface area contributed by atoms with Crippen molar-refractivity contribution in [2.24, 2.45) is 0 Å². The summed E-state index contributed by atoms with van der Waals surface area (Å²) in [5.41, 5.74) is 1.24. The highest BCUT2D eigenvalue weighted by Crippen LogP contribution is 2.40. The molecule has 0 bridgehead atoms. The molecule has 1 N–H and O–H groups in total. The predicted octanol–water partition coefficient (Wildman–Crippen LogP) is 3.63. The van der Waals surface area contributed by atoms with Crippen LogP contribution in [0.2, 0.25) is 0 Å². The van der Waals surface area contributed by atoms with Gasteiger partial charge in [0.05, 0.1) is 38.5 Å². The van der Waals surface area contributed by atoms with Crippen molar-refractivity contribution < 1.29 is 28.9 Å². The molecule has 0 saturated carbocycles. The minimum absolute atomic E-state index is 0.0786. The average Bonchev–Trinajstić information content (AvgIpc) is 3.17. The smallest absolute Gasteiger partial charge is 0.295 e. The van der Waals surface area contributed by atoms with Crippen LogP contribution in [0.3, 0.4) is 0 Å². The third kappa shape index (κ3) is 5.71. The lowest BCUT2D eigenvalue weighted by molar-refractivity contribution is -0.140. The first kappa shape index (κ1) is 25.7. The van der Waals surface area contributed by atoms with Gasteiger partial charge in [0.1, 0.15) is 17.3 Å². The maximum Gasteiger partial charge on any atom is 0.295 e. The topological polar surface area (TPSA) is 88.5 Å². The molecule has 2 aromatic carbocycles. The fourth-order valence-electron chi connectivity index (χ4n) is 4.54. The number of amides is 1. The molecule has 2 fully saturated rings. The first-order valence-corrected chi connectivity index (χ1v) is 12.5. The third-order valence-corrected chi connectivity index (χ3v) is 6.61. The number of likely N-dealkylation sites (tertiary alicyclic amines) is 1. The van der Waals surface area contributed by atoms with Gasteiger partial charge in [-0.3, -0.25) is 14.5 Å². The summed E-state index contributed by atoms with van der Waals surface area (Å²) in [7, 11) is 1.54. The normalized spacial score (nSPS) is 20.1. The molecule has 2 heterocycles. The van der Waals surface area contributed by atoms with Crippen molar-refractivity contribution >= 4 is 17.4 Å². The number of unbranched alkanes of at least 4 members (excludes halogenated alkanes) is 1. The van der Waals surface area contributed by atoms with Crippen LogP contribution in [0.25, 0.3) is 5.76 Å². The summed E-state index contributed by atoms with van der Waals surface area (Å²) in [4.78, 5) is 30.3. The number of carbonyl (C=O) groups excluding carboxylic acids is 2. The van der Waals surface area contributed by atoms with E-state index in [0.717, 1.165) is 37.2 Å². The van der Waals surface area contributed by atoms with E-state index >= 15 is 0 Å². The molecular weight excluding hydrogens is 460 g/mol.